The van der Waals surface area contributed by atoms with E-state index in [4.69, 9.17) is 9.47 Å². The Kier molecular flexibility index (Phi) is 4.20. The van der Waals surface area contributed by atoms with Gasteiger partial charge in [-0.2, -0.15) is 0 Å². The molecule has 2 atom stereocenters. The van der Waals surface area contributed by atoms with Gasteiger partial charge in [0.2, 0.25) is 0 Å². The lowest BCUT2D eigenvalue weighted by molar-refractivity contribution is 0.0982. The predicted molar refractivity (Wildman–Crippen MR) is 53.1 cm³/mol. The molecule has 1 heterocycles. The van der Waals surface area contributed by atoms with E-state index >= 15 is 0 Å². The number of ether oxygens (including phenoxy) is 2. The molecule has 1 saturated heterocycles. The quantitative estimate of drug-likeness (QED) is 0.753. The molecule has 1 N–H and O–H groups in total. The summed E-state index contributed by atoms with van der Waals surface area (Å²) in [7, 11) is 0. The largest absolute Gasteiger partial charge is 0.447 e. The van der Waals surface area contributed by atoms with Gasteiger partial charge in [0.05, 0.1) is 12.2 Å². The Labute approximate surface area is 85.0 Å². The average Bonchev–Trinajstić information content (AvgIpc) is 2.46. The van der Waals surface area contributed by atoms with Crippen LogP contribution in [0.5, 0.6) is 0 Å². The highest BCUT2D eigenvalue weighted by Crippen LogP contribution is 2.19. The monoisotopic (exact) mass is 201 g/mol. The third-order valence-corrected chi connectivity index (χ3v) is 2.38. The minimum Gasteiger partial charge on any atom is -0.447 e. The van der Waals surface area contributed by atoms with E-state index in [2.05, 4.69) is 5.32 Å². The molecule has 4 heteroatoms. The first kappa shape index (κ1) is 11.3. The highest BCUT2D eigenvalue weighted by molar-refractivity contribution is 5.67. The number of hydrogen-bond acceptors (Lipinski definition) is 3. The zero-order chi connectivity index (χ0) is 10.6. The highest BCUT2D eigenvalue weighted by Gasteiger charge is 2.24. The first-order chi connectivity index (χ1) is 6.59. The van der Waals surface area contributed by atoms with E-state index < -0.39 is 0 Å². The van der Waals surface area contributed by atoms with E-state index in [0.29, 0.717) is 12.5 Å². The van der Waals surface area contributed by atoms with Gasteiger partial charge in [0.1, 0.15) is 0 Å². The van der Waals surface area contributed by atoms with Crippen molar-refractivity contribution in [2.75, 3.05) is 13.2 Å². The van der Waals surface area contributed by atoms with Gasteiger partial charge in [-0.05, 0) is 27.2 Å². The highest BCUT2D eigenvalue weighted by atomic mass is 16.6. The van der Waals surface area contributed by atoms with Crippen molar-refractivity contribution in [2.24, 2.45) is 5.92 Å². The Morgan fingerprint density at radius 2 is 2.36 bits per heavy atom. The number of hydrogen-bond donors (Lipinski definition) is 1. The summed E-state index contributed by atoms with van der Waals surface area (Å²) in [6, 6.07) is 0. The molecule has 1 aliphatic rings. The number of nitrogens with one attached hydrogen (secondary N) is 1. The number of rotatable bonds is 3. The minimum atomic E-state index is -0.334. The van der Waals surface area contributed by atoms with Crippen molar-refractivity contribution in [3.8, 4) is 0 Å². The van der Waals surface area contributed by atoms with Crippen LogP contribution >= 0.6 is 0 Å². The van der Waals surface area contributed by atoms with Gasteiger partial charge < -0.3 is 14.8 Å². The van der Waals surface area contributed by atoms with Crippen molar-refractivity contribution in [3.05, 3.63) is 0 Å². The average molecular weight is 201 g/mol. The number of alkyl carbamates (subject to hydrolysis) is 1. The molecule has 0 aliphatic carbocycles. The molecule has 0 aromatic rings. The summed E-state index contributed by atoms with van der Waals surface area (Å²) in [4.78, 5) is 11.1. The van der Waals surface area contributed by atoms with Gasteiger partial charge >= 0.3 is 6.09 Å². The maximum absolute atomic E-state index is 11.1. The third kappa shape index (κ3) is 3.54. The lowest BCUT2D eigenvalue weighted by atomic mass is 10.0. The fourth-order valence-corrected chi connectivity index (χ4v) is 1.51. The molecule has 82 valence electrons. The van der Waals surface area contributed by atoms with Crippen LogP contribution in [0.3, 0.4) is 0 Å². The van der Waals surface area contributed by atoms with Gasteiger partial charge in [0, 0.05) is 19.1 Å². The van der Waals surface area contributed by atoms with Crippen LogP contribution in [0, 0.1) is 5.92 Å². The maximum atomic E-state index is 11.1. The molecule has 0 bridgehead atoms. The molecular formula is C10H19NO3. The zero-order valence-electron chi connectivity index (χ0n) is 9.08. The second-order valence-corrected chi connectivity index (χ2v) is 3.96. The molecule has 14 heavy (non-hydrogen) atoms. The lowest BCUT2D eigenvalue weighted by Gasteiger charge is -2.15. The Morgan fingerprint density at radius 3 is 2.86 bits per heavy atom. The van der Waals surface area contributed by atoms with Crippen LogP contribution in [0.4, 0.5) is 4.79 Å². The number of amides is 1. The number of carbonyl (C=O) groups excluding carboxylic acids is 1. The Hall–Kier alpha value is -0.770. The van der Waals surface area contributed by atoms with E-state index in [1.165, 1.54) is 0 Å². The van der Waals surface area contributed by atoms with Gasteiger partial charge in [0.15, 0.2) is 0 Å². The molecule has 0 saturated carbocycles. The van der Waals surface area contributed by atoms with Crippen molar-refractivity contribution < 1.29 is 14.3 Å². The first-order valence-electron chi connectivity index (χ1n) is 5.15. The van der Waals surface area contributed by atoms with Crippen LogP contribution in [0.1, 0.15) is 27.2 Å². The van der Waals surface area contributed by atoms with E-state index in [1.54, 1.807) is 0 Å². The van der Waals surface area contributed by atoms with Crippen molar-refractivity contribution in [1.82, 2.24) is 5.32 Å². The topological polar surface area (TPSA) is 47.6 Å². The molecule has 0 aromatic heterocycles. The van der Waals surface area contributed by atoms with Gasteiger partial charge in [-0.25, -0.2) is 4.79 Å². The Balaban J connectivity index is 2.16. The minimum absolute atomic E-state index is 0.0627. The molecular weight excluding hydrogens is 182 g/mol. The summed E-state index contributed by atoms with van der Waals surface area (Å²) in [5.41, 5.74) is 0. The molecule has 1 amide bonds. The fraction of sp³-hybridized carbons (Fsp3) is 0.900. The first-order valence-corrected chi connectivity index (χ1v) is 5.15. The fourth-order valence-electron chi connectivity index (χ4n) is 1.51. The summed E-state index contributed by atoms with van der Waals surface area (Å²) < 4.78 is 10.3. The van der Waals surface area contributed by atoms with E-state index in [-0.39, 0.29) is 18.3 Å². The van der Waals surface area contributed by atoms with Crippen molar-refractivity contribution >= 4 is 6.09 Å². The smallest absolute Gasteiger partial charge is 0.407 e. The van der Waals surface area contributed by atoms with Crippen molar-refractivity contribution in [3.63, 3.8) is 0 Å². The zero-order valence-corrected chi connectivity index (χ0v) is 9.08. The second-order valence-electron chi connectivity index (χ2n) is 3.96. The normalized spacial score (nSPS) is 26.6. The van der Waals surface area contributed by atoms with E-state index in [1.807, 2.05) is 20.8 Å². The van der Waals surface area contributed by atoms with Crippen LogP contribution < -0.4 is 5.32 Å². The van der Waals surface area contributed by atoms with Gasteiger partial charge in [-0.3, -0.25) is 0 Å². The van der Waals surface area contributed by atoms with Crippen LogP contribution in [0.2, 0.25) is 0 Å². The van der Waals surface area contributed by atoms with Crippen LogP contribution in [0.25, 0.3) is 0 Å². The molecule has 0 aromatic carbocycles. The van der Waals surface area contributed by atoms with Gasteiger partial charge in [-0.1, -0.05) is 0 Å². The van der Waals surface area contributed by atoms with E-state index in [9.17, 15) is 4.79 Å². The van der Waals surface area contributed by atoms with Crippen molar-refractivity contribution in [2.45, 2.75) is 39.4 Å². The Bertz CT molecular complexity index is 194. The summed E-state index contributed by atoms with van der Waals surface area (Å²) in [6.07, 6.45) is 0.865. The standard InChI is InChI=1S/C10H19NO3/c1-7(2)14-10(12)11-6-9-4-5-13-8(9)3/h7-9H,4-6H2,1-3H3,(H,11,12). The molecule has 0 spiro atoms. The van der Waals surface area contributed by atoms with Crippen LogP contribution in [-0.2, 0) is 9.47 Å². The summed E-state index contributed by atoms with van der Waals surface area (Å²) in [5, 5.41) is 2.75. The molecule has 4 nitrogen and oxygen atoms in total. The SMILES string of the molecule is CC(C)OC(=O)NCC1CCOC1C. The summed E-state index contributed by atoms with van der Waals surface area (Å²) >= 11 is 0. The van der Waals surface area contributed by atoms with Crippen molar-refractivity contribution in [1.29, 1.82) is 0 Å². The number of carbonyl (C=O) groups is 1. The summed E-state index contributed by atoms with van der Waals surface area (Å²) in [6.45, 7) is 7.15. The van der Waals surface area contributed by atoms with E-state index in [0.717, 1.165) is 13.0 Å². The van der Waals surface area contributed by atoms with Crippen LogP contribution in [-0.4, -0.2) is 31.5 Å². The lowest BCUT2D eigenvalue weighted by Crippen LogP contribution is -2.33. The van der Waals surface area contributed by atoms with Gasteiger partial charge in [-0.15, -0.1) is 0 Å². The molecule has 1 rings (SSSR count). The molecule has 0 radical (unpaired) electrons. The molecule has 2 unspecified atom stereocenters. The van der Waals surface area contributed by atoms with Crippen LogP contribution in [0.15, 0.2) is 0 Å². The molecule has 1 fully saturated rings. The second kappa shape index (κ2) is 5.20. The summed E-state index contributed by atoms with van der Waals surface area (Å²) in [5.74, 6) is 0.426. The molecule has 1 aliphatic heterocycles. The third-order valence-electron chi connectivity index (χ3n) is 2.38. The maximum Gasteiger partial charge on any atom is 0.407 e. The predicted octanol–water partition coefficient (Wildman–Crippen LogP) is 1.55. The van der Waals surface area contributed by atoms with Gasteiger partial charge in [0.25, 0.3) is 0 Å². The Morgan fingerprint density at radius 1 is 1.64 bits per heavy atom.